The van der Waals surface area contributed by atoms with Gasteiger partial charge in [0.05, 0.1) is 19.1 Å². The zero-order valence-electron chi connectivity index (χ0n) is 11.7. The molecule has 0 aliphatic heterocycles. The van der Waals surface area contributed by atoms with Crippen LogP contribution >= 0.6 is 0 Å². The second kappa shape index (κ2) is 5.90. The van der Waals surface area contributed by atoms with Crippen LogP contribution in [-0.4, -0.2) is 39.8 Å². The molecule has 2 N–H and O–H groups in total. The SMILES string of the molecule is COc1ccc(S(=O)(=O)NC(C(=O)O)C2CC2)cc1OC. The molecule has 0 amide bonds. The standard InChI is InChI=1S/C13H17NO6S/c1-19-10-6-5-9(7-11(10)20-2)21(17,18)14-12(13(15)16)8-3-4-8/h5-8,12,14H,3-4H2,1-2H3,(H,15,16). The summed E-state index contributed by atoms with van der Waals surface area (Å²) in [4.78, 5) is 11.1. The number of methoxy groups -OCH3 is 2. The number of carboxylic acid groups (broad SMARTS) is 1. The fourth-order valence-electron chi connectivity index (χ4n) is 2.00. The van der Waals surface area contributed by atoms with Crippen molar-refractivity contribution >= 4 is 16.0 Å². The molecule has 0 bridgehead atoms. The average molecular weight is 315 g/mol. The summed E-state index contributed by atoms with van der Waals surface area (Å²) in [5, 5.41) is 9.11. The molecule has 0 spiro atoms. The molecule has 1 atom stereocenters. The number of hydrogen-bond donors (Lipinski definition) is 2. The van der Waals surface area contributed by atoms with Gasteiger partial charge < -0.3 is 14.6 Å². The van der Waals surface area contributed by atoms with Crippen LogP contribution in [0.1, 0.15) is 12.8 Å². The van der Waals surface area contributed by atoms with Gasteiger partial charge in [0.1, 0.15) is 6.04 Å². The van der Waals surface area contributed by atoms with E-state index in [2.05, 4.69) is 4.72 Å². The highest BCUT2D eigenvalue weighted by molar-refractivity contribution is 7.89. The lowest BCUT2D eigenvalue weighted by Crippen LogP contribution is -2.42. The molecule has 1 aromatic carbocycles. The van der Waals surface area contributed by atoms with Crippen LogP contribution in [0.4, 0.5) is 0 Å². The molecule has 1 saturated carbocycles. The van der Waals surface area contributed by atoms with Crippen molar-refractivity contribution in [2.24, 2.45) is 5.92 Å². The summed E-state index contributed by atoms with van der Waals surface area (Å²) in [6, 6.07) is 3.01. The topological polar surface area (TPSA) is 102 Å². The van der Waals surface area contributed by atoms with E-state index < -0.39 is 22.0 Å². The lowest BCUT2D eigenvalue weighted by molar-refractivity contribution is -0.139. The number of carboxylic acids is 1. The number of hydrogen-bond acceptors (Lipinski definition) is 5. The van der Waals surface area contributed by atoms with Crippen LogP contribution in [0.15, 0.2) is 23.1 Å². The van der Waals surface area contributed by atoms with Crippen molar-refractivity contribution < 1.29 is 27.8 Å². The Morgan fingerprint density at radius 3 is 2.38 bits per heavy atom. The third kappa shape index (κ3) is 3.45. The minimum Gasteiger partial charge on any atom is -0.493 e. The van der Waals surface area contributed by atoms with E-state index in [9.17, 15) is 13.2 Å². The summed E-state index contributed by atoms with van der Waals surface area (Å²) in [5.41, 5.74) is 0. The van der Waals surface area contributed by atoms with Crippen molar-refractivity contribution in [1.82, 2.24) is 4.72 Å². The number of rotatable bonds is 7. The first-order valence-electron chi connectivity index (χ1n) is 6.36. The van der Waals surface area contributed by atoms with Crippen LogP contribution in [0.3, 0.4) is 0 Å². The number of aliphatic carboxylic acids is 1. The predicted molar refractivity (Wildman–Crippen MR) is 74.0 cm³/mol. The maximum absolute atomic E-state index is 12.3. The summed E-state index contributed by atoms with van der Waals surface area (Å²) in [6.45, 7) is 0. The maximum atomic E-state index is 12.3. The van der Waals surface area contributed by atoms with E-state index in [1.165, 1.54) is 32.4 Å². The molecule has 1 fully saturated rings. The number of nitrogens with one attached hydrogen (secondary N) is 1. The third-order valence-corrected chi connectivity index (χ3v) is 4.75. The van der Waals surface area contributed by atoms with E-state index in [4.69, 9.17) is 14.6 Å². The summed E-state index contributed by atoms with van der Waals surface area (Å²) in [6.07, 6.45) is 1.43. The van der Waals surface area contributed by atoms with Crippen LogP contribution in [0.25, 0.3) is 0 Å². The van der Waals surface area contributed by atoms with Gasteiger partial charge >= 0.3 is 5.97 Å². The Bertz CT molecular complexity index is 638. The summed E-state index contributed by atoms with van der Waals surface area (Å²) in [5.74, 6) is -0.647. The zero-order valence-corrected chi connectivity index (χ0v) is 12.5. The normalized spacial score (nSPS) is 16.3. The van der Waals surface area contributed by atoms with Gasteiger partial charge in [-0.2, -0.15) is 4.72 Å². The number of benzene rings is 1. The minimum absolute atomic E-state index is 0.0629. The Morgan fingerprint density at radius 2 is 1.90 bits per heavy atom. The highest BCUT2D eigenvalue weighted by Crippen LogP contribution is 2.34. The molecule has 7 nitrogen and oxygen atoms in total. The Kier molecular flexibility index (Phi) is 4.38. The Labute approximate surface area is 122 Å². The summed E-state index contributed by atoms with van der Waals surface area (Å²) >= 11 is 0. The first-order chi connectivity index (χ1) is 9.89. The van der Waals surface area contributed by atoms with Gasteiger partial charge in [-0.3, -0.25) is 4.79 Å². The van der Waals surface area contributed by atoms with E-state index in [1.807, 2.05) is 0 Å². The smallest absolute Gasteiger partial charge is 0.322 e. The van der Waals surface area contributed by atoms with Crippen molar-refractivity contribution in [1.29, 1.82) is 0 Å². The molecule has 1 aromatic rings. The lowest BCUT2D eigenvalue weighted by atomic mass is 10.2. The van der Waals surface area contributed by atoms with Gasteiger partial charge in [0.2, 0.25) is 10.0 Å². The van der Waals surface area contributed by atoms with E-state index in [1.54, 1.807) is 0 Å². The molecule has 8 heteroatoms. The second-order valence-corrected chi connectivity index (χ2v) is 6.51. The van der Waals surface area contributed by atoms with E-state index in [-0.39, 0.29) is 16.6 Å². The second-order valence-electron chi connectivity index (χ2n) is 4.79. The van der Waals surface area contributed by atoms with E-state index in [0.717, 1.165) is 0 Å². The highest BCUT2D eigenvalue weighted by atomic mass is 32.2. The van der Waals surface area contributed by atoms with Crippen molar-refractivity contribution in [2.75, 3.05) is 14.2 Å². The van der Waals surface area contributed by atoms with Gasteiger partial charge in [-0.1, -0.05) is 0 Å². The molecule has 1 aliphatic rings. The Balaban J connectivity index is 2.28. The molecule has 21 heavy (non-hydrogen) atoms. The fraction of sp³-hybridized carbons (Fsp3) is 0.462. The summed E-state index contributed by atoms with van der Waals surface area (Å²) in [7, 11) is -1.10. The molecule has 1 aliphatic carbocycles. The first kappa shape index (κ1) is 15.6. The molecule has 116 valence electrons. The van der Waals surface area contributed by atoms with Gasteiger partial charge in [0, 0.05) is 6.07 Å². The van der Waals surface area contributed by atoms with Crippen LogP contribution in [0.2, 0.25) is 0 Å². The van der Waals surface area contributed by atoms with Gasteiger partial charge in [-0.15, -0.1) is 0 Å². The quantitative estimate of drug-likeness (QED) is 0.773. The molecule has 1 unspecified atom stereocenters. The highest BCUT2D eigenvalue weighted by Gasteiger charge is 2.39. The molecular formula is C13H17NO6S. The van der Waals surface area contributed by atoms with Crippen LogP contribution in [-0.2, 0) is 14.8 Å². The van der Waals surface area contributed by atoms with Crippen LogP contribution in [0.5, 0.6) is 11.5 Å². The fourth-order valence-corrected chi connectivity index (χ4v) is 3.27. The molecular weight excluding hydrogens is 298 g/mol. The van der Waals surface area contributed by atoms with Crippen LogP contribution in [0, 0.1) is 5.92 Å². The molecule has 0 radical (unpaired) electrons. The number of sulfonamides is 1. The average Bonchev–Trinajstić information content (AvgIpc) is 3.28. The van der Waals surface area contributed by atoms with Crippen LogP contribution < -0.4 is 14.2 Å². The first-order valence-corrected chi connectivity index (χ1v) is 7.84. The van der Waals surface area contributed by atoms with Crippen molar-refractivity contribution in [3.63, 3.8) is 0 Å². The number of carbonyl (C=O) groups is 1. The molecule has 0 aromatic heterocycles. The van der Waals surface area contributed by atoms with Crippen molar-refractivity contribution in [3.8, 4) is 11.5 Å². The largest absolute Gasteiger partial charge is 0.493 e. The van der Waals surface area contributed by atoms with Crippen molar-refractivity contribution in [3.05, 3.63) is 18.2 Å². The molecule has 0 heterocycles. The van der Waals surface area contributed by atoms with E-state index in [0.29, 0.717) is 18.6 Å². The Hall–Kier alpha value is -1.80. The lowest BCUT2D eigenvalue weighted by Gasteiger charge is -2.15. The van der Waals surface area contributed by atoms with Gasteiger partial charge in [-0.05, 0) is 30.9 Å². The van der Waals surface area contributed by atoms with Gasteiger partial charge in [0.25, 0.3) is 0 Å². The summed E-state index contributed by atoms with van der Waals surface area (Å²) < 4.78 is 36.9. The van der Waals surface area contributed by atoms with Gasteiger partial charge in [0.15, 0.2) is 11.5 Å². The maximum Gasteiger partial charge on any atom is 0.322 e. The minimum atomic E-state index is -3.93. The monoisotopic (exact) mass is 315 g/mol. The Morgan fingerprint density at radius 1 is 1.29 bits per heavy atom. The molecule has 2 rings (SSSR count). The third-order valence-electron chi connectivity index (χ3n) is 3.31. The molecule has 0 saturated heterocycles. The predicted octanol–water partition coefficient (Wildman–Crippen LogP) is 0.845. The number of ether oxygens (including phenoxy) is 2. The van der Waals surface area contributed by atoms with Crippen molar-refractivity contribution in [2.45, 2.75) is 23.8 Å². The van der Waals surface area contributed by atoms with Gasteiger partial charge in [-0.25, -0.2) is 8.42 Å². The zero-order chi connectivity index (χ0) is 15.6. The van der Waals surface area contributed by atoms with E-state index >= 15 is 0 Å².